The number of phenolic OH excluding ortho intramolecular Hbond substituents is 1. The third kappa shape index (κ3) is 2.94. The van der Waals surface area contributed by atoms with Gasteiger partial charge in [-0.15, -0.1) is 0 Å². The highest BCUT2D eigenvalue weighted by atomic mass is 16.6. The number of aryl methyl sites for hydroxylation is 1. The van der Waals surface area contributed by atoms with Crippen LogP contribution in [-0.4, -0.2) is 44.7 Å². The van der Waals surface area contributed by atoms with Crippen molar-refractivity contribution in [3.8, 4) is 17.1 Å². The number of phenols is 1. The molecule has 0 radical (unpaired) electrons. The van der Waals surface area contributed by atoms with Gasteiger partial charge in [-0.3, -0.25) is 4.79 Å². The van der Waals surface area contributed by atoms with E-state index in [0.29, 0.717) is 42.0 Å². The lowest BCUT2D eigenvalue weighted by Crippen LogP contribution is -2.44. The molecule has 8 nitrogen and oxygen atoms in total. The number of aliphatic hydroxyl groups is 1. The number of esters is 1. The van der Waals surface area contributed by atoms with Crippen LogP contribution in [0.1, 0.15) is 48.1 Å². The lowest BCUT2D eigenvalue weighted by Gasteiger charge is -2.31. The molecule has 0 unspecified atom stereocenters. The summed E-state index contributed by atoms with van der Waals surface area (Å²) < 4.78 is 6.80. The molecule has 0 spiro atoms. The monoisotopic (exact) mass is 449 g/mol. The Bertz CT molecular complexity index is 1390. The van der Waals surface area contributed by atoms with Crippen molar-refractivity contribution in [3.63, 3.8) is 0 Å². The third-order valence-corrected chi connectivity index (χ3v) is 6.88. The predicted octanol–water partition coefficient (Wildman–Crippen LogP) is 2.41. The van der Waals surface area contributed by atoms with Crippen molar-refractivity contribution in [2.24, 2.45) is 0 Å². The van der Waals surface area contributed by atoms with E-state index >= 15 is 0 Å². The Labute approximate surface area is 191 Å². The normalized spacial score (nSPS) is 18.9. The molecule has 172 valence electrons. The Morgan fingerprint density at radius 1 is 1.18 bits per heavy atom. The molecule has 1 atom stereocenters. The van der Waals surface area contributed by atoms with Crippen LogP contribution >= 0.6 is 0 Å². The molecule has 0 bridgehead atoms. The lowest BCUT2D eigenvalue weighted by atomic mass is 9.86. The number of ether oxygens (including phenoxy) is 1. The first-order valence-corrected chi connectivity index (χ1v) is 11.2. The Hall–Kier alpha value is -3.23. The molecule has 33 heavy (non-hydrogen) atoms. The second-order valence-corrected chi connectivity index (χ2v) is 9.07. The number of fused-ring (bicyclic) bond motifs is 5. The van der Waals surface area contributed by atoms with Gasteiger partial charge in [0.1, 0.15) is 12.4 Å². The highest BCUT2D eigenvalue weighted by Crippen LogP contribution is 2.41. The van der Waals surface area contributed by atoms with Gasteiger partial charge in [-0.25, -0.2) is 9.78 Å². The molecule has 2 aromatic heterocycles. The Balaban J connectivity index is 1.82. The fourth-order valence-electron chi connectivity index (χ4n) is 5.20. The van der Waals surface area contributed by atoms with Gasteiger partial charge in [0.25, 0.3) is 5.56 Å². The number of aromatic hydroxyl groups is 1. The van der Waals surface area contributed by atoms with Crippen molar-refractivity contribution in [2.45, 2.75) is 52.0 Å². The van der Waals surface area contributed by atoms with Crippen molar-refractivity contribution in [1.29, 1.82) is 0 Å². The van der Waals surface area contributed by atoms with Gasteiger partial charge in [0.2, 0.25) is 0 Å². The molecule has 0 fully saturated rings. The summed E-state index contributed by atoms with van der Waals surface area (Å²) in [5.74, 6) is -0.510. The second-order valence-electron chi connectivity index (χ2n) is 9.07. The molecule has 5 rings (SSSR count). The first kappa shape index (κ1) is 21.6. The van der Waals surface area contributed by atoms with Crippen LogP contribution in [0.4, 0.5) is 0 Å². The van der Waals surface area contributed by atoms with Gasteiger partial charge in [-0.2, -0.15) is 0 Å². The summed E-state index contributed by atoms with van der Waals surface area (Å²) in [5, 5.41) is 22.6. The van der Waals surface area contributed by atoms with E-state index in [4.69, 9.17) is 9.72 Å². The minimum Gasteiger partial charge on any atom is -0.508 e. The molecular formula is C25H27N3O5. The van der Waals surface area contributed by atoms with E-state index in [2.05, 4.69) is 6.92 Å². The van der Waals surface area contributed by atoms with E-state index in [1.54, 1.807) is 29.7 Å². The molecule has 4 heterocycles. The summed E-state index contributed by atoms with van der Waals surface area (Å²) in [6.07, 6.45) is 0.807. The van der Waals surface area contributed by atoms with E-state index in [1.165, 1.54) is 0 Å². The highest BCUT2D eigenvalue weighted by molar-refractivity contribution is 5.92. The van der Waals surface area contributed by atoms with Crippen molar-refractivity contribution < 1.29 is 19.7 Å². The van der Waals surface area contributed by atoms with E-state index in [-0.39, 0.29) is 24.3 Å². The molecule has 1 aromatic carbocycles. The summed E-state index contributed by atoms with van der Waals surface area (Å²) >= 11 is 0. The molecular weight excluding hydrogens is 422 g/mol. The van der Waals surface area contributed by atoms with Gasteiger partial charge < -0.3 is 24.4 Å². The number of hydrogen-bond donors (Lipinski definition) is 2. The molecule has 2 aliphatic heterocycles. The number of nitrogens with zero attached hydrogens (tertiary/aromatic N) is 3. The van der Waals surface area contributed by atoms with Crippen LogP contribution in [0, 0.1) is 0 Å². The Kier molecular flexibility index (Phi) is 4.84. The first-order valence-electron chi connectivity index (χ1n) is 11.2. The summed E-state index contributed by atoms with van der Waals surface area (Å²) in [6, 6.07) is 5.18. The molecule has 0 amide bonds. The van der Waals surface area contributed by atoms with E-state index in [9.17, 15) is 19.8 Å². The average Bonchev–Trinajstić information content (AvgIpc) is 3.15. The van der Waals surface area contributed by atoms with Crippen molar-refractivity contribution >= 4 is 16.9 Å². The molecule has 0 aliphatic carbocycles. The molecule has 2 N–H and O–H groups in total. The van der Waals surface area contributed by atoms with Crippen molar-refractivity contribution in [2.75, 3.05) is 14.1 Å². The van der Waals surface area contributed by atoms with Crippen LogP contribution < -0.4 is 5.56 Å². The number of cyclic esters (lactones) is 1. The van der Waals surface area contributed by atoms with Gasteiger partial charge in [-0.05, 0) is 50.7 Å². The first-order chi connectivity index (χ1) is 15.7. The van der Waals surface area contributed by atoms with E-state index in [0.717, 1.165) is 27.6 Å². The van der Waals surface area contributed by atoms with Crippen molar-refractivity contribution in [3.05, 3.63) is 56.4 Å². The Morgan fingerprint density at radius 2 is 1.94 bits per heavy atom. The van der Waals surface area contributed by atoms with Gasteiger partial charge in [0, 0.05) is 28.6 Å². The molecule has 0 saturated carbocycles. The van der Waals surface area contributed by atoms with Crippen LogP contribution in [0.25, 0.3) is 22.3 Å². The number of carbonyl (C=O) groups excluding carboxylic acids is 1. The van der Waals surface area contributed by atoms with Gasteiger partial charge >= 0.3 is 5.97 Å². The maximum atomic E-state index is 13.4. The maximum Gasteiger partial charge on any atom is 0.343 e. The van der Waals surface area contributed by atoms with Crippen molar-refractivity contribution in [1.82, 2.24) is 14.5 Å². The summed E-state index contributed by atoms with van der Waals surface area (Å²) in [7, 11) is 3.89. The number of pyridine rings is 2. The van der Waals surface area contributed by atoms with Gasteiger partial charge in [0.15, 0.2) is 5.60 Å². The predicted molar refractivity (Wildman–Crippen MR) is 123 cm³/mol. The standard InChI is InChI=1S/C25H27N3O5/c1-5-13-14-11-28-19(9-17-16(23(28)30)12-33-24(31)25(17,32)6-2)22(14)26-18-7-8-20(29)15(21(13)18)10-27(3)4/h7-9,29,32H,5-6,10-12H2,1-4H3/t25-/m0/s1. The lowest BCUT2D eigenvalue weighted by molar-refractivity contribution is -0.172. The zero-order valence-corrected chi connectivity index (χ0v) is 19.2. The topological polar surface area (TPSA) is 105 Å². The van der Waals surface area contributed by atoms with Gasteiger partial charge in [0.05, 0.1) is 29.0 Å². The number of carbonyl (C=O) groups is 1. The number of hydrogen-bond acceptors (Lipinski definition) is 7. The van der Waals surface area contributed by atoms with Crippen LogP contribution in [0.15, 0.2) is 23.0 Å². The fraction of sp³-hybridized carbons (Fsp3) is 0.400. The average molecular weight is 450 g/mol. The fourth-order valence-corrected chi connectivity index (χ4v) is 5.20. The zero-order chi connectivity index (χ0) is 23.7. The van der Waals surface area contributed by atoms with Gasteiger partial charge in [-0.1, -0.05) is 13.8 Å². The summed E-state index contributed by atoms with van der Waals surface area (Å²) in [6.45, 7) is 4.49. The Morgan fingerprint density at radius 3 is 2.61 bits per heavy atom. The zero-order valence-electron chi connectivity index (χ0n) is 19.2. The smallest absolute Gasteiger partial charge is 0.343 e. The molecule has 2 aliphatic rings. The van der Waals surface area contributed by atoms with Crippen LogP contribution in [0.3, 0.4) is 0 Å². The molecule has 3 aromatic rings. The molecule has 0 saturated heterocycles. The summed E-state index contributed by atoms with van der Waals surface area (Å²) in [4.78, 5) is 32.7. The van der Waals surface area contributed by atoms with Crippen LogP contribution in [0.2, 0.25) is 0 Å². The number of aromatic nitrogens is 2. The highest BCUT2D eigenvalue weighted by Gasteiger charge is 2.45. The largest absolute Gasteiger partial charge is 0.508 e. The minimum absolute atomic E-state index is 0.104. The van der Waals surface area contributed by atoms with Crippen LogP contribution in [0.5, 0.6) is 5.75 Å². The SMILES string of the molecule is CCc1c2c(nc3ccc(O)c(CN(C)C)c13)-c1cc3c(c(=O)n1C2)COC(=O)[C@]3(O)CC. The second kappa shape index (κ2) is 7.40. The minimum atomic E-state index is -1.85. The maximum absolute atomic E-state index is 13.4. The molecule has 8 heteroatoms. The summed E-state index contributed by atoms with van der Waals surface area (Å²) in [5.41, 5.74) is 3.29. The number of benzene rings is 1. The van der Waals surface area contributed by atoms with E-state index < -0.39 is 11.6 Å². The van der Waals surface area contributed by atoms with Crippen LogP contribution in [-0.2, 0) is 41.2 Å². The quantitative estimate of drug-likeness (QED) is 0.461. The third-order valence-electron chi connectivity index (χ3n) is 6.88. The number of rotatable bonds is 4. The van der Waals surface area contributed by atoms with E-state index in [1.807, 2.05) is 19.0 Å².